The highest BCUT2D eigenvalue weighted by Crippen LogP contribution is 2.40. The summed E-state index contributed by atoms with van der Waals surface area (Å²) in [4.78, 5) is 16.7. The van der Waals surface area contributed by atoms with Crippen LogP contribution in [0.25, 0.3) is 10.2 Å². The summed E-state index contributed by atoms with van der Waals surface area (Å²) in [6, 6.07) is 4.05. The lowest BCUT2D eigenvalue weighted by Crippen LogP contribution is -2.22. The van der Waals surface area contributed by atoms with Gasteiger partial charge in [0.15, 0.2) is 5.13 Å². The molecule has 140 valence electrons. The van der Waals surface area contributed by atoms with Crippen LogP contribution in [0.3, 0.4) is 0 Å². The van der Waals surface area contributed by atoms with Crippen LogP contribution in [0.1, 0.15) is 30.7 Å². The van der Waals surface area contributed by atoms with Gasteiger partial charge in [0.1, 0.15) is 17.4 Å². The minimum Gasteiger partial charge on any atom is -0.494 e. The molecular formula is C18H22N2O5S. The summed E-state index contributed by atoms with van der Waals surface area (Å²) in [6.07, 6.45) is 2.04. The maximum atomic E-state index is 12.1. The molecule has 2 saturated heterocycles. The zero-order valence-corrected chi connectivity index (χ0v) is 15.5. The van der Waals surface area contributed by atoms with Gasteiger partial charge in [0, 0.05) is 19.6 Å². The van der Waals surface area contributed by atoms with Gasteiger partial charge in [-0.25, -0.2) is 9.78 Å². The Labute approximate surface area is 155 Å². The lowest BCUT2D eigenvalue weighted by Gasteiger charge is -2.23. The van der Waals surface area contributed by atoms with Gasteiger partial charge in [-0.1, -0.05) is 17.4 Å². The first-order valence-electron chi connectivity index (χ1n) is 8.85. The van der Waals surface area contributed by atoms with Crippen molar-refractivity contribution in [1.82, 2.24) is 4.98 Å². The SMILES string of the molecule is COc1ccc(C2CCOCC2)c2sc(NC(=O)O[C@H]3CCOC3)nc12. The first-order chi connectivity index (χ1) is 12.7. The minimum atomic E-state index is -0.494. The van der Waals surface area contributed by atoms with Crippen molar-refractivity contribution in [1.29, 1.82) is 0 Å². The number of nitrogens with one attached hydrogen (secondary N) is 1. The largest absolute Gasteiger partial charge is 0.494 e. The van der Waals surface area contributed by atoms with E-state index in [1.807, 2.05) is 6.07 Å². The van der Waals surface area contributed by atoms with Gasteiger partial charge in [0.2, 0.25) is 0 Å². The van der Waals surface area contributed by atoms with Crippen molar-refractivity contribution < 1.29 is 23.7 Å². The molecule has 1 N–H and O–H groups in total. The Balaban J connectivity index is 1.58. The summed E-state index contributed by atoms with van der Waals surface area (Å²) >= 11 is 1.46. The second kappa shape index (κ2) is 7.77. The van der Waals surface area contributed by atoms with E-state index in [0.717, 1.165) is 42.7 Å². The van der Waals surface area contributed by atoms with E-state index in [1.165, 1.54) is 16.9 Å². The van der Waals surface area contributed by atoms with Crippen molar-refractivity contribution in [2.24, 2.45) is 0 Å². The number of thiazole rings is 1. The number of methoxy groups -OCH3 is 1. The van der Waals surface area contributed by atoms with Crippen molar-refractivity contribution in [3.05, 3.63) is 17.7 Å². The molecular weight excluding hydrogens is 356 g/mol. The topological polar surface area (TPSA) is 78.9 Å². The van der Waals surface area contributed by atoms with Crippen LogP contribution in [0.5, 0.6) is 5.75 Å². The first kappa shape index (κ1) is 17.5. The molecule has 1 aromatic heterocycles. The van der Waals surface area contributed by atoms with Gasteiger partial charge in [0.05, 0.1) is 25.0 Å². The van der Waals surface area contributed by atoms with E-state index < -0.39 is 6.09 Å². The smallest absolute Gasteiger partial charge is 0.413 e. The summed E-state index contributed by atoms with van der Waals surface area (Å²) in [5.41, 5.74) is 2.02. The number of amides is 1. The van der Waals surface area contributed by atoms with E-state index in [-0.39, 0.29) is 6.10 Å². The molecule has 2 aliphatic heterocycles. The number of nitrogens with zero attached hydrogens (tertiary/aromatic N) is 1. The van der Waals surface area contributed by atoms with E-state index in [4.69, 9.17) is 18.9 Å². The molecule has 0 unspecified atom stereocenters. The molecule has 4 rings (SSSR count). The number of benzene rings is 1. The highest BCUT2D eigenvalue weighted by molar-refractivity contribution is 7.22. The van der Waals surface area contributed by atoms with Crippen molar-refractivity contribution in [3.8, 4) is 5.75 Å². The van der Waals surface area contributed by atoms with Crippen LogP contribution < -0.4 is 10.1 Å². The Morgan fingerprint density at radius 2 is 2.04 bits per heavy atom. The van der Waals surface area contributed by atoms with Gasteiger partial charge in [-0.15, -0.1) is 0 Å². The Kier molecular flexibility index (Phi) is 5.23. The highest BCUT2D eigenvalue weighted by Gasteiger charge is 2.24. The molecule has 0 radical (unpaired) electrons. The fourth-order valence-electron chi connectivity index (χ4n) is 3.43. The zero-order chi connectivity index (χ0) is 17.9. The molecule has 1 aromatic carbocycles. The van der Waals surface area contributed by atoms with Gasteiger partial charge < -0.3 is 18.9 Å². The van der Waals surface area contributed by atoms with Crippen molar-refractivity contribution in [2.45, 2.75) is 31.3 Å². The third-order valence-corrected chi connectivity index (χ3v) is 5.81. The van der Waals surface area contributed by atoms with Crippen LogP contribution >= 0.6 is 11.3 Å². The molecule has 3 heterocycles. The maximum Gasteiger partial charge on any atom is 0.413 e. The Morgan fingerprint density at radius 3 is 2.77 bits per heavy atom. The van der Waals surface area contributed by atoms with Gasteiger partial charge in [-0.05, 0) is 30.4 Å². The molecule has 0 spiro atoms. The number of anilines is 1. The Morgan fingerprint density at radius 1 is 1.23 bits per heavy atom. The quantitative estimate of drug-likeness (QED) is 0.877. The van der Waals surface area contributed by atoms with Crippen molar-refractivity contribution in [3.63, 3.8) is 0 Å². The summed E-state index contributed by atoms with van der Waals surface area (Å²) in [5, 5.41) is 3.27. The van der Waals surface area contributed by atoms with Crippen LogP contribution in [-0.2, 0) is 14.2 Å². The van der Waals surface area contributed by atoms with E-state index in [1.54, 1.807) is 7.11 Å². The number of hydrogen-bond donors (Lipinski definition) is 1. The number of ether oxygens (including phenoxy) is 4. The molecule has 8 heteroatoms. The molecule has 2 aromatic rings. The number of rotatable bonds is 4. The summed E-state index contributed by atoms with van der Waals surface area (Å²) < 4.78 is 22.6. The molecule has 0 aliphatic carbocycles. The molecule has 0 saturated carbocycles. The molecule has 2 fully saturated rings. The lowest BCUT2D eigenvalue weighted by molar-refractivity contribution is 0.0856. The van der Waals surface area contributed by atoms with Gasteiger partial charge in [0.25, 0.3) is 0 Å². The molecule has 2 aliphatic rings. The average Bonchev–Trinajstić information content (AvgIpc) is 3.31. The normalized spacial score (nSPS) is 21.0. The number of carbonyl (C=O) groups is 1. The van der Waals surface area contributed by atoms with E-state index in [9.17, 15) is 4.79 Å². The second-order valence-corrected chi connectivity index (χ2v) is 7.46. The number of fused-ring (bicyclic) bond motifs is 1. The van der Waals surface area contributed by atoms with Gasteiger partial charge >= 0.3 is 6.09 Å². The van der Waals surface area contributed by atoms with Crippen molar-refractivity contribution >= 4 is 32.8 Å². The third-order valence-electron chi connectivity index (χ3n) is 4.79. The monoisotopic (exact) mass is 378 g/mol. The molecule has 1 amide bonds. The van der Waals surface area contributed by atoms with E-state index in [2.05, 4.69) is 16.4 Å². The standard InChI is InChI=1S/C18H22N2O5S/c1-22-14-3-2-13(11-4-7-23-8-5-11)16-15(14)19-17(26-16)20-18(21)25-12-6-9-24-10-12/h2-3,11-12H,4-10H2,1H3,(H,19,20,21)/t12-/m0/s1. The van der Waals surface area contributed by atoms with Gasteiger partial charge in [-0.3, -0.25) is 5.32 Å². The van der Waals surface area contributed by atoms with Crippen LogP contribution in [0, 0.1) is 0 Å². The average molecular weight is 378 g/mol. The predicted molar refractivity (Wildman–Crippen MR) is 98.3 cm³/mol. The molecule has 1 atom stereocenters. The lowest BCUT2D eigenvalue weighted by atomic mass is 9.91. The highest BCUT2D eigenvalue weighted by atomic mass is 32.1. The van der Waals surface area contributed by atoms with Crippen LogP contribution in [-0.4, -0.2) is 50.7 Å². The van der Waals surface area contributed by atoms with Crippen LogP contribution in [0.15, 0.2) is 12.1 Å². The molecule has 26 heavy (non-hydrogen) atoms. The van der Waals surface area contributed by atoms with E-state index in [0.29, 0.717) is 30.0 Å². The summed E-state index contributed by atoms with van der Waals surface area (Å²) in [7, 11) is 1.63. The number of carbonyl (C=O) groups excluding carboxylic acids is 1. The Bertz CT molecular complexity index is 781. The maximum absolute atomic E-state index is 12.1. The van der Waals surface area contributed by atoms with Crippen LogP contribution in [0.4, 0.5) is 9.93 Å². The number of aromatic nitrogens is 1. The number of hydrogen-bond acceptors (Lipinski definition) is 7. The molecule has 0 bridgehead atoms. The summed E-state index contributed by atoms with van der Waals surface area (Å²) in [5.74, 6) is 1.14. The fraction of sp³-hybridized carbons (Fsp3) is 0.556. The first-order valence-corrected chi connectivity index (χ1v) is 9.67. The minimum absolute atomic E-state index is 0.184. The zero-order valence-electron chi connectivity index (χ0n) is 14.7. The van der Waals surface area contributed by atoms with Crippen molar-refractivity contribution in [2.75, 3.05) is 38.9 Å². The van der Waals surface area contributed by atoms with Crippen LogP contribution in [0.2, 0.25) is 0 Å². The summed E-state index contributed by atoms with van der Waals surface area (Å²) in [6.45, 7) is 2.63. The predicted octanol–water partition coefficient (Wildman–Crippen LogP) is 3.54. The Hall–Kier alpha value is -1.90. The van der Waals surface area contributed by atoms with E-state index >= 15 is 0 Å². The second-order valence-electron chi connectivity index (χ2n) is 6.46. The third kappa shape index (κ3) is 3.62. The molecule has 7 nitrogen and oxygen atoms in total. The van der Waals surface area contributed by atoms with Gasteiger partial charge in [-0.2, -0.15) is 0 Å². The fourth-order valence-corrected chi connectivity index (χ4v) is 4.49.